The summed E-state index contributed by atoms with van der Waals surface area (Å²) in [6.07, 6.45) is -11.2. The van der Waals surface area contributed by atoms with Crippen molar-refractivity contribution >= 4 is 17.4 Å². The molecule has 0 radical (unpaired) electrons. The highest BCUT2D eigenvalue weighted by molar-refractivity contribution is 7.10. The van der Waals surface area contributed by atoms with Gasteiger partial charge in [0.25, 0.3) is 0 Å². The first kappa shape index (κ1) is 31.1. The number of nitrogens with zero attached hydrogens (tertiary/aromatic N) is 2. The minimum absolute atomic E-state index is 0.0914. The van der Waals surface area contributed by atoms with Crippen LogP contribution in [-0.4, -0.2) is 53.4 Å². The number of thiophene rings is 1. The van der Waals surface area contributed by atoms with E-state index in [1.165, 1.54) is 11.4 Å². The third-order valence-electron chi connectivity index (χ3n) is 7.72. The van der Waals surface area contributed by atoms with E-state index in [1.54, 1.807) is 50.9 Å². The predicted octanol–water partition coefficient (Wildman–Crippen LogP) is 6.72. The highest BCUT2D eigenvalue weighted by atomic mass is 32.1. The predicted molar refractivity (Wildman–Crippen MR) is 135 cm³/mol. The van der Waals surface area contributed by atoms with E-state index in [4.69, 9.17) is 0 Å². The van der Waals surface area contributed by atoms with Crippen molar-refractivity contribution in [2.75, 3.05) is 19.6 Å². The summed E-state index contributed by atoms with van der Waals surface area (Å²) in [7, 11) is 0. The van der Waals surface area contributed by atoms with Gasteiger partial charge < -0.3 is 10.6 Å². The third-order valence-corrected chi connectivity index (χ3v) is 8.66. The van der Waals surface area contributed by atoms with Crippen molar-refractivity contribution in [3.8, 4) is 0 Å². The Hall–Kier alpha value is -2.41. The molecule has 1 saturated heterocycles. The number of alkyl halides is 6. The van der Waals surface area contributed by atoms with Crippen LogP contribution in [-0.2, 0) is 12.0 Å². The molecule has 1 atom stereocenters. The fourth-order valence-electron chi connectivity index (χ4n) is 5.40. The summed E-state index contributed by atoms with van der Waals surface area (Å²) in [5, 5.41) is 2.89. The van der Waals surface area contributed by atoms with Crippen molar-refractivity contribution in [2.45, 2.75) is 76.8 Å². The van der Waals surface area contributed by atoms with E-state index in [-0.39, 0.29) is 19.5 Å². The lowest BCUT2D eigenvalue weighted by Crippen LogP contribution is -2.77. The molecule has 0 spiro atoms. The molecular formula is C26H33F7N4OS. The average Bonchev–Trinajstić information content (AvgIpc) is 3.46. The van der Waals surface area contributed by atoms with Crippen LogP contribution in [0.3, 0.4) is 0 Å². The number of carbonyl (C=O) groups excluding carboxylic acids is 1. The molecule has 3 rings (SSSR count). The summed E-state index contributed by atoms with van der Waals surface area (Å²) in [4.78, 5) is 18.7. The topological polar surface area (TPSA) is 57.3 Å². The zero-order valence-electron chi connectivity index (χ0n) is 22.2. The highest BCUT2D eigenvalue weighted by Crippen LogP contribution is 2.59. The molecule has 1 unspecified atom stereocenters. The summed E-state index contributed by atoms with van der Waals surface area (Å²) in [5.41, 5.74) is -6.70. The minimum Gasteiger partial charge on any atom is -0.338 e. The van der Waals surface area contributed by atoms with E-state index in [0.29, 0.717) is 33.9 Å². The Morgan fingerprint density at radius 1 is 1.10 bits per heavy atom. The normalized spacial score (nSPS) is 19.4. The Balaban J connectivity index is 2.15. The van der Waals surface area contributed by atoms with E-state index in [1.807, 2.05) is 0 Å². The zero-order chi connectivity index (χ0) is 29.3. The standard InChI is InChI=1S/C26H33F7N4OS/c1-5-13-34-21(38)36-24(25(28,29)30,26(31,32)33)23(11-10-19-8-9-20(27)39-19)12-14-37(16-23)22(3,4)18-7-6-17(2)35-15-18/h6-9,15H,5,10-14,16H2,1-4H3,(H2,34,36,38). The Labute approximate surface area is 227 Å². The molecule has 218 valence electrons. The minimum atomic E-state index is -5.89. The van der Waals surface area contributed by atoms with Crippen molar-refractivity contribution in [2.24, 2.45) is 5.41 Å². The second-order valence-corrected chi connectivity index (χ2v) is 11.6. The first-order valence-electron chi connectivity index (χ1n) is 12.6. The number of halogens is 7. The quantitative estimate of drug-likeness (QED) is 0.323. The Bertz CT molecular complexity index is 1120. The third kappa shape index (κ3) is 6.03. The fraction of sp³-hybridized carbons (Fsp3) is 0.615. The Kier molecular flexibility index (Phi) is 8.96. The van der Waals surface area contributed by atoms with Crippen molar-refractivity contribution in [3.63, 3.8) is 0 Å². The van der Waals surface area contributed by atoms with Gasteiger partial charge in [-0.3, -0.25) is 9.88 Å². The molecule has 2 amide bonds. The SMILES string of the molecule is CCCNC(=O)NC(C(F)(F)F)(C(F)(F)F)C1(CCc2ccc(F)s2)CCN(C(C)(C)c2ccc(C)nc2)C1. The van der Waals surface area contributed by atoms with Crippen LogP contribution in [0.4, 0.5) is 35.5 Å². The van der Waals surface area contributed by atoms with Crippen molar-refractivity contribution in [3.05, 3.63) is 51.7 Å². The number of aryl methyl sites for hydroxylation is 2. The monoisotopic (exact) mass is 582 g/mol. The van der Waals surface area contributed by atoms with Crippen molar-refractivity contribution in [1.82, 2.24) is 20.5 Å². The molecule has 2 N–H and O–H groups in total. The molecule has 39 heavy (non-hydrogen) atoms. The number of nitrogens with one attached hydrogen (secondary N) is 2. The van der Waals surface area contributed by atoms with Crippen LogP contribution in [0.5, 0.6) is 0 Å². The van der Waals surface area contributed by atoms with Gasteiger partial charge in [0.1, 0.15) is 0 Å². The number of amides is 2. The number of hydrogen-bond donors (Lipinski definition) is 2. The van der Waals surface area contributed by atoms with Crippen LogP contribution < -0.4 is 10.6 Å². The molecule has 13 heteroatoms. The average molecular weight is 583 g/mol. The van der Waals surface area contributed by atoms with E-state index in [9.17, 15) is 35.5 Å². The van der Waals surface area contributed by atoms with Gasteiger partial charge in [-0.25, -0.2) is 4.79 Å². The van der Waals surface area contributed by atoms with Crippen molar-refractivity contribution in [1.29, 1.82) is 0 Å². The van der Waals surface area contributed by atoms with Crippen LogP contribution in [0, 0.1) is 17.5 Å². The number of likely N-dealkylation sites (tertiary alicyclic amines) is 1. The van der Waals surface area contributed by atoms with Gasteiger partial charge in [0, 0.05) is 40.8 Å². The van der Waals surface area contributed by atoms with E-state index >= 15 is 0 Å². The van der Waals surface area contributed by atoms with Crippen LogP contribution >= 0.6 is 11.3 Å². The number of carbonyl (C=O) groups is 1. The number of urea groups is 1. The molecule has 0 aromatic carbocycles. The molecule has 2 aromatic rings. The summed E-state index contributed by atoms with van der Waals surface area (Å²) >= 11 is 0.674. The van der Waals surface area contributed by atoms with Crippen LogP contribution in [0.15, 0.2) is 30.5 Å². The van der Waals surface area contributed by atoms with Gasteiger partial charge >= 0.3 is 18.4 Å². The van der Waals surface area contributed by atoms with Gasteiger partial charge in [-0.05, 0) is 76.8 Å². The molecule has 0 bridgehead atoms. The largest absolute Gasteiger partial charge is 0.421 e. The second-order valence-electron chi connectivity index (χ2n) is 10.5. The molecule has 1 aliphatic heterocycles. The first-order valence-corrected chi connectivity index (χ1v) is 13.4. The lowest BCUT2D eigenvalue weighted by molar-refractivity contribution is -0.337. The highest BCUT2D eigenvalue weighted by Gasteiger charge is 2.80. The lowest BCUT2D eigenvalue weighted by atomic mass is 9.64. The molecular weight excluding hydrogens is 549 g/mol. The van der Waals surface area contributed by atoms with E-state index in [0.717, 1.165) is 6.07 Å². The smallest absolute Gasteiger partial charge is 0.338 e. The number of pyridine rings is 1. The fourth-order valence-corrected chi connectivity index (χ4v) is 6.12. The van der Waals surface area contributed by atoms with E-state index in [2.05, 4.69) is 10.3 Å². The molecule has 3 heterocycles. The van der Waals surface area contributed by atoms with Gasteiger partial charge in [0.15, 0.2) is 5.13 Å². The summed E-state index contributed by atoms with van der Waals surface area (Å²) in [6, 6.07) is 4.40. The van der Waals surface area contributed by atoms with Crippen LogP contribution in [0.25, 0.3) is 0 Å². The summed E-state index contributed by atoms with van der Waals surface area (Å²) in [6.45, 7) is 6.02. The van der Waals surface area contributed by atoms with Gasteiger partial charge in [-0.15, -0.1) is 11.3 Å². The molecule has 0 aliphatic carbocycles. The maximum absolute atomic E-state index is 14.9. The van der Waals surface area contributed by atoms with E-state index < -0.39 is 59.4 Å². The number of hydrogen-bond acceptors (Lipinski definition) is 4. The Morgan fingerprint density at radius 3 is 2.28 bits per heavy atom. The van der Waals surface area contributed by atoms with Gasteiger partial charge in [-0.1, -0.05) is 13.0 Å². The molecule has 2 aromatic heterocycles. The second kappa shape index (κ2) is 11.2. The van der Waals surface area contributed by atoms with Gasteiger partial charge in [-0.2, -0.15) is 30.7 Å². The van der Waals surface area contributed by atoms with Gasteiger partial charge in [0.2, 0.25) is 5.54 Å². The van der Waals surface area contributed by atoms with Crippen LogP contribution in [0.2, 0.25) is 0 Å². The molecule has 1 aliphatic rings. The summed E-state index contributed by atoms with van der Waals surface area (Å²) < 4.78 is 103. The first-order chi connectivity index (χ1) is 18.0. The molecule has 5 nitrogen and oxygen atoms in total. The maximum Gasteiger partial charge on any atom is 0.421 e. The number of aromatic nitrogens is 1. The van der Waals surface area contributed by atoms with Crippen molar-refractivity contribution < 1.29 is 35.5 Å². The van der Waals surface area contributed by atoms with Gasteiger partial charge in [0.05, 0.1) is 0 Å². The Morgan fingerprint density at radius 2 is 1.77 bits per heavy atom. The number of rotatable bonds is 9. The summed E-state index contributed by atoms with van der Waals surface area (Å²) in [5.74, 6) is 0. The zero-order valence-corrected chi connectivity index (χ0v) is 23.0. The molecule has 0 saturated carbocycles. The van der Waals surface area contributed by atoms with Crippen LogP contribution in [0.1, 0.15) is 56.2 Å². The maximum atomic E-state index is 14.9. The molecule has 1 fully saturated rings. The lowest BCUT2D eigenvalue weighted by Gasteiger charge is -2.51.